The van der Waals surface area contributed by atoms with Crippen LogP contribution in [0.1, 0.15) is 25.5 Å². The molecule has 0 amide bonds. The third-order valence-electron chi connectivity index (χ3n) is 2.39. The van der Waals surface area contributed by atoms with E-state index < -0.39 is 0 Å². The number of imidazole rings is 1. The van der Waals surface area contributed by atoms with Gasteiger partial charge in [0, 0.05) is 6.04 Å². The molecule has 0 aliphatic heterocycles. The van der Waals surface area contributed by atoms with Crippen LogP contribution in [0.25, 0.3) is 11.0 Å². The summed E-state index contributed by atoms with van der Waals surface area (Å²) >= 11 is 6.09. The molecule has 2 rings (SSSR count). The highest BCUT2D eigenvalue weighted by atomic mass is 35.5. The predicted molar refractivity (Wildman–Crippen MR) is 59.9 cm³/mol. The van der Waals surface area contributed by atoms with Crippen molar-refractivity contribution in [1.82, 2.24) is 9.55 Å². The molecule has 0 fully saturated rings. The van der Waals surface area contributed by atoms with Crippen molar-refractivity contribution in [3.05, 3.63) is 29.0 Å². The van der Waals surface area contributed by atoms with Crippen LogP contribution in [0.5, 0.6) is 0 Å². The van der Waals surface area contributed by atoms with Crippen LogP contribution < -0.4 is 0 Å². The van der Waals surface area contributed by atoms with Gasteiger partial charge < -0.3 is 4.57 Å². The van der Waals surface area contributed by atoms with Crippen LogP contribution in [-0.4, -0.2) is 9.55 Å². The van der Waals surface area contributed by atoms with Crippen LogP contribution in [-0.2, 0) is 0 Å². The zero-order valence-corrected chi connectivity index (χ0v) is 9.34. The van der Waals surface area contributed by atoms with E-state index in [1.165, 1.54) is 5.56 Å². The van der Waals surface area contributed by atoms with Crippen molar-refractivity contribution >= 4 is 22.6 Å². The number of nitrogens with zero attached hydrogens (tertiary/aromatic N) is 2. The summed E-state index contributed by atoms with van der Waals surface area (Å²) in [5.41, 5.74) is 3.34. The molecule has 0 bridgehead atoms. The van der Waals surface area contributed by atoms with Crippen LogP contribution in [0, 0.1) is 6.92 Å². The van der Waals surface area contributed by atoms with Gasteiger partial charge in [-0.25, -0.2) is 4.98 Å². The van der Waals surface area contributed by atoms with Gasteiger partial charge in [-0.2, -0.15) is 0 Å². The van der Waals surface area contributed by atoms with E-state index >= 15 is 0 Å². The Morgan fingerprint density at radius 1 is 1.36 bits per heavy atom. The van der Waals surface area contributed by atoms with Gasteiger partial charge in [0.05, 0.1) is 11.0 Å². The molecule has 0 unspecified atom stereocenters. The maximum atomic E-state index is 6.09. The van der Waals surface area contributed by atoms with Crippen LogP contribution in [0.4, 0.5) is 0 Å². The van der Waals surface area contributed by atoms with Crippen LogP contribution in [0.2, 0.25) is 5.28 Å². The minimum absolute atomic E-state index is 0.341. The third kappa shape index (κ3) is 1.30. The minimum Gasteiger partial charge on any atom is -0.312 e. The molecule has 0 aliphatic rings. The fourth-order valence-electron chi connectivity index (χ4n) is 1.76. The van der Waals surface area contributed by atoms with Crippen molar-refractivity contribution in [2.45, 2.75) is 26.8 Å². The number of halogens is 1. The molecule has 74 valence electrons. The molecule has 1 aromatic carbocycles. The summed E-state index contributed by atoms with van der Waals surface area (Å²) in [5, 5.41) is 0.573. The van der Waals surface area contributed by atoms with Gasteiger partial charge in [-0.3, -0.25) is 0 Å². The summed E-state index contributed by atoms with van der Waals surface area (Å²) in [5.74, 6) is 0. The molecule has 14 heavy (non-hydrogen) atoms. The number of hydrogen-bond acceptors (Lipinski definition) is 1. The Kier molecular flexibility index (Phi) is 2.23. The van der Waals surface area contributed by atoms with E-state index in [0.29, 0.717) is 11.3 Å². The molecule has 1 heterocycles. The number of aryl methyl sites for hydroxylation is 1. The van der Waals surface area contributed by atoms with Gasteiger partial charge in [0.2, 0.25) is 5.28 Å². The van der Waals surface area contributed by atoms with Crippen molar-refractivity contribution in [2.24, 2.45) is 0 Å². The maximum absolute atomic E-state index is 6.09. The molecule has 2 aromatic rings. The summed E-state index contributed by atoms with van der Waals surface area (Å²) < 4.78 is 2.06. The van der Waals surface area contributed by atoms with Crippen molar-refractivity contribution in [3.8, 4) is 0 Å². The van der Waals surface area contributed by atoms with Gasteiger partial charge in [0.1, 0.15) is 0 Å². The van der Waals surface area contributed by atoms with E-state index in [2.05, 4.69) is 36.4 Å². The number of fused-ring (bicyclic) bond motifs is 1. The molecule has 3 heteroatoms. The Morgan fingerprint density at radius 3 is 2.71 bits per heavy atom. The third-order valence-corrected chi connectivity index (χ3v) is 2.65. The second kappa shape index (κ2) is 3.28. The summed E-state index contributed by atoms with van der Waals surface area (Å²) in [4.78, 5) is 4.32. The van der Waals surface area contributed by atoms with Crippen molar-refractivity contribution < 1.29 is 0 Å². The van der Waals surface area contributed by atoms with E-state index in [1.807, 2.05) is 12.1 Å². The van der Waals surface area contributed by atoms with Gasteiger partial charge >= 0.3 is 0 Å². The number of benzene rings is 1. The minimum atomic E-state index is 0.341. The first kappa shape index (κ1) is 9.53. The number of aromatic nitrogens is 2. The number of rotatable bonds is 1. The average Bonchev–Trinajstić information content (AvgIpc) is 2.42. The molecule has 1 aromatic heterocycles. The van der Waals surface area contributed by atoms with Gasteiger partial charge in [-0.05, 0) is 44.0 Å². The van der Waals surface area contributed by atoms with Crippen molar-refractivity contribution in [3.63, 3.8) is 0 Å². The van der Waals surface area contributed by atoms with Crippen LogP contribution >= 0.6 is 11.6 Å². The maximum Gasteiger partial charge on any atom is 0.204 e. The summed E-state index contributed by atoms with van der Waals surface area (Å²) in [6, 6.07) is 6.42. The first-order chi connectivity index (χ1) is 6.61. The zero-order chi connectivity index (χ0) is 10.3. The molecule has 0 saturated heterocycles. The first-order valence-corrected chi connectivity index (χ1v) is 5.12. The lowest BCUT2D eigenvalue weighted by atomic mass is 10.2. The van der Waals surface area contributed by atoms with Crippen molar-refractivity contribution in [1.29, 1.82) is 0 Å². The quantitative estimate of drug-likeness (QED) is 0.701. The Labute approximate surface area is 88.5 Å². The highest BCUT2D eigenvalue weighted by molar-refractivity contribution is 6.29. The van der Waals surface area contributed by atoms with Crippen molar-refractivity contribution in [2.75, 3.05) is 0 Å². The number of para-hydroxylation sites is 1. The molecular formula is C11H13ClN2. The topological polar surface area (TPSA) is 17.8 Å². The standard InChI is InChI=1S/C11H13ClN2/c1-7(2)14-10-8(3)5-4-6-9(10)13-11(14)12/h4-7H,1-3H3. The summed E-state index contributed by atoms with van der Waals surface area (Å²) in [6.45, 7) is 6.30. The van der Waals surface area contributed by atoms with E-state index in [4.69, 9.17) is 11.6 Å². The molecule has 0 spiro atoms. The normalized spacial score (nSPS) is 11.5. The molecule has 0 saturated carbocycles. The van der Waals surface area contributed by atoms with E-state index in [9.17, 15) is 0 Å². The smallest absolute Gasteiger partial charge is 0.204 e. The van der Waals surface area contributed by atoms with Crippen LogP contribution in [0.15, 0.2) is 18.2 Å². The largest absolute Gasteiger partial charge is 0.312 e. The SMILES string of the molecule is Cc1cccc2nc(Cl)n(C(C)C)c12. The highest BCUT2D eigenvalue weighted by Crippen LogP contribution is 2.26. The first-order valence-electron chi connectivity index (χ1n) is 4.74. The molecular weight excluding hydrogens is 196 g/mol. The second-order valence-electron chi connectivity index (χ2n) is 3.79. The monoisotopic (exact) mass is 208 g/mol. The lowest BCUT2D eigenvalue weighted by molar-refractivity contribution is 0.617. The Balaban J connectivity index is 2.86. The molecule has 0 atom stereocenters. The summed E-state index contributed by atoms with van der Waals surface area (Å²) in [7, 11) is 0. The van der Waals surface area contributed by atoms with Gasteiger partial charge in [-0.15, -0.1) is 0 Å². The lowest BCUT2D eigenvalue weighted by Crippen LogP contribution is -2.01. The van der Waals surface area contributed by atoms with E-state index in [-0.39, 0.29) is 0 Å². The lowest BCUT2D eigenvalue weighted by Gasteiger charge is -2.10. The van der Waals surface area contributed by atoms with Gasteiger partial charge in [0.15, 0.2) is 0 Å². The summed E-state index contributed by atoms with van der Waals surface area (Å²) in [6.07, 6.45) is 0. The van der Waals surface area contributed by atoms with E-state index in [0.717, 1.165) is 11.0 Å². The molecule has 0 radical (unpaired) electrons. The number of hydrogen-bond donors (Lipinski definition) is 0. The highest BCUT2D eigenvalue weighted by Gasteiger charge is 2.12. The Hall–Kier alpha value is -1.02. The molecule has 2 nitrogen and oxygen atoms in total. The van der Waals surface area contributed by atoms with Gasteiger partial charge in [-0.1, -0.05) is 12.1 Å². The zero-order valence-electron chi connectivity index (χ0n) is 8.58. The predicted octanol–water partition coefficient (Wildman–Crippen LogP) is 3.58. The van der Waals surface area contributed by atoms with E-state index in [1.54, 1.807) is 0 Å². The second-order valence-corrected chi connectivity index (χ2v) is 4.13. The van der Waals surface area contributed by atoms with Crippen LogP contribution in [0.3, 0.4) is 0 Å². The Morgan fingerprint density at radius 2 is 2.07 bits per heavy atom. The Bertz CT molecular complexity index is 471. The fraction of sp³-hybridized carbons (Fsp3) is 0.364. The molecule has 0 N–H and O–H groups in total. The average molecular weight is 209 g/mol. The molecule has 0 aliphatic carbocycles. The fourth-order valence-corrected chi connectivity index (χ4v) is 2.13. The van der Waals surface area contributed by atoms with Gasteiger partial charge in [0.25, 0.3) is 0 Å².